The molecule has 0 radical (unpaired) electrons. The van der Waals surface area contributed by atoms with E-state index in [1.54, 1.807) is 0 Å². The van der Waals surface area contributed by atoms with E-state index in [1.165, 1.54) is 27.8 Å². The Morgan fingerprint density at radius 2 is 0.836 bits per heavy atom. The molecule has 2 unspecified atom stereocenters. The second-order valence-corrected chi connectivity index (χ2v) is 14.0. The van der Waals surface area contributed by atoms with E-state index in [1.807, 2.05) is 12.1 Å². The first-order valence-corrected chi connectivity index (χ1v) is 18.8. The lowest BCUT2D eigenvalue weighted by molar-refractivity contribution is 0.411. The lowest BCUT2D eigenvalue weighted by atomic mass is 9.94. The molecule has 0 bridgehead atoms. The van der Waals surface area contributed by atoms with Gasteiger partial charge in [-0.1, -0.05) is 188 Å². The number of rotatable bonds is 7. The van der Waals surface area contributed by atoms with Crippen LogP contribution in [0.4, 0.5) is 0 Å². The fraction of sp³-hybridized carbons (Fsp3) is 0.0392. The zero-order valence-electron chi connectivity index (χ0n) is 30.1. The SMILES string of the molecule is c1ccc(-c2ccc(-c3ccc(C4=NC(c5ccccc5)NC(c5cccc6oc7cccc(-c8ccc(-c9ccccc9)cc8)c7c56)N4)cc3)cc2)cc1. The third-order valence-electron chi connectivity index (χ3n) is 10.6. The van der Waals surface area contributed by atoms with Crippen molar-refractivity contribution < 1.29 is 4.42 Å². The molecule has 4 heteroatoms. The first-order valence-electron chi connectivity index (χ1n) is 18.8. The van der Waals surface area contributed by atoms with E-state index in [2.05, 4.69) is 199 Å². The number of amidine groups is 1. The summed E-state index contributed by atoms with van der Waals surface area (Å²) < 4.78 is 6.56. The minimum Gasteiger partial charge on any atom is -0.456 e. The Hall–Kier alpha value is -7.01. The van der Waals surface area contributed by atoms with Crippen LogP contribution in [0.3, 0.4) is 0 Å². The average molecular weight is 708 g/mol. The van der Waals surface area contributed by atoms with E-state index >= 15 is 0 Å². The van der Waals surface area contributed by atoms with Crippen LogP contribution in [0.15, 0.2) is 210 Å². The summed E-state index contributed by atoms with van der Waals surface area (Å²) in [5.41, 5.74) is 14.4. The van der Waals surface area contributed by atoms with Gasteiger partial charge in [0.1, 0.15) is 29.3 Å². The van der Waals surface area contributed by atoms with Crippen molar-refractivity contribution in [2.75, 3.05) is 0 Å². The van der Waals surface area contributed by atoms with E-state index in [-0.39, 0.29) is 12.3 Å². The van der Waals surface area contributed by atoms with Crippen LogP contribution in [0.25, 0.3) is 66.4 Å². The number of furan rings is 1. The monoisotopic (exact) mass is 707 g/mol. The van der Waals surface area contributed by atoms with E-state index in [9.17, 15) is 0 Å². The van der Waals surface area contributed by atoms with Crippen LogP contribution < -0.4 is 10.6 Å². The summed E-state index contributed by atoms with van der Waals surface area (Å²) in [6.45, 7) is 0. The Morgan fingerprint density at radius 3 is 1.40 bits per heavy atom. The molecule has 0 saturated carbocycles. The molecule has 2 N–H and O–H groups in total. The predicted octanol–water partition coefficient (Wildman–Crippen LogP) is 12.6. The minimum absolute atomic E-state index is 0.249. The molecule has 262 valence electrons. The van der Waals surface area contributed by atoms with E-state index < -0.39 is 0 Å². The molecule has 0 spiro atoms. The van der Waals surface area contributed by atoms with Crippen LogP contribution in [0.1, 0.15) is 29.0 Å². The van der Waals surface area contributed by atoms with Gasteiger partial charge >= 0.3 is 0 Å². The van der Waals surface area contributed by atoms with Crippen LogP contribution in [0.2, 0.25) is 0 Å². The number of fused-ring (bicyclic) bond motifs is 3. The highest BCUT2D eigenvalue weighted by molar-refractivity contribution is 6.14. The van der Waals surface area contributed by atoms with E-state index in [4.69, 9.17) is 9.41 Å². The largest absolute Gasteiger partial charge is 0.456 e. The highest BCUT2D eigenvalue weighted by Gasteiger charge is 2.28. The smallest absolute Gasteiger partial charge is 0.136 e. The van der Waals surface area contributed by atoms with Gasteiger partial charge in [0.15, 0.2) is 0 Å². The van der Waals surface area contributed by atoms with Crippen molar-refractivity contribution >= 4 is 27.8 Å². The normalized spacial score (nSPS) is 15.5. The molecule has 10 rings (SSSR count). The minimum atomic E-state index is -0.258. The highest BCUT2D eigenvalue weighted by Crippen LogP contribution is 2.41. The molecule has 1 aliphatic heterocycles. The standard InChI is InChI=1S/C51H37N3O/c1-4-12-34(13-5-1)36-22-24-38(25-23-36)39-28-32-42(33-29-39)50-52-49(41-16-8-3-9-17-41)53-51(54-50)44-19-11-21-46-48(44)47-43(18-10-20-45(47)55-46)40-30-26-37(27-31-40)35-14-6-2-7-15-35/h1-33,49,51,53H,(H,52,54). The molecule has 0 amide bonds. The van der Waals surface area contributed by atoms with Gasteiger partial charge in [0.05, 0.1) is 0 Å². The number of hydrogen-bond acceptors (Lipinski definition) is 4. The molecule has 0 saturated heterocycles. The van der Waals surface area contributed by atoms with Crippen molar-refractivity contribution in [1.29, 1.82) is 0 Å². The van der Waals surface area contributed by atoms with Crippen LogP contribution >= 0.6 is 0 Å². The molecule has 9 aromatic rings. The molecular formula is C51H37N3O. The molecule has 2 atom stereocenters. The number of nitrogens with zero attached hydrogens (tertiary/aromatic N) is 1. The lowest BCUT2D eigenvalue weighted by Gasteiger charge is -2.32. The Balaban J connectivity index is 1.02. The average Bonchev–Trinajstić information content (AvgIpc) is 3.67. The van der Waals surface area contributed by atoms with Crippen LogP contribution in [-0.2, 0) is 0 Å². The summed E-state index contributed by atoms with van der Waals surface area (Å²) in [7, 11) is 0. The number of hydrogen-bond donors (Lipinski definition) is 2. The van der Waals surface area contributed by atoms with Gasteiger partial charge in [0, 0.05) is 21.9 Å². The third kappa shape index (κ3) is 6.29. The van der Waals surface area contributed by atoms with Crippen LogP contribution in [-0.4, -0.2) is 5.84 Å². The quantitative estimate of drug-likeness (QED) is 0.173. The van der Waals surface area contributed by atoms with Gasteiger partial charge in [0.25, 0.3) is 0 Å². The van der Waals surface area contributed by atoms with Crippen molar-refractivity contribution in [1.82, 2.24) is 10.6 Å². The second kappa shape index (κ2) is 14.1. The zero-order valence-corrected chi connectivity index (χ0v) is 30.1. The van der Waals surface area contributed by atoms with Crippen molar-refractivity contribution in [2.24, 2.45) is 4.99 Å². The fourth-order valence-electron chi connectivity index (χ4n) is 7.82. The molecule has 4 nitrogen and oxygen atoms in total. The zero-order chi connectivity index (χ0) is 36.6. The van der Waals surface area contributed by atoms with Gasteiger partial charge in [-0.25, -0.2) is 4.99 Å². The van der Waals surface area contributed by atoms with Crippen molar-refractivity contribution in [3.8, 4) is 44.5 Å². The molecule has 0 aliphatic carbocycles. The highest BCUT2D eigenvalue weighted by atomic mass is 16.3. The van der Waals surface area contributed by atoms with E-state index in [0.717, 1.165) is 61.2 Å². The maximum Gasteiger partial charge on any atom is 0.136 e. The van der Waals surface area contributed by atoms with Gasteiger partial charge in [-0.15, -0.1) is 0 Å². The summed E-state index contributed by atoms with van der Waals surface area (Å²) in [6, 6.07) is 70.5. The van der Waals surface area contributed by atoms with Crippen molar-refractivity contribution in [2.45, 2.75) is 12.3 Å². The Kier molecular flexibility index (Phi) is 8.36. The van der Waals surface area contributed by atoms with Crippen LogP contribution in [0, 0.1) is 0 Å². The van der Waals surface area contributed by atoms with Gasteiger partial charge in [-0.3, -0.25) is 5.32 Å². The number of nitrogens with one attached hydrogen (secondary N) is 2. The Morgan fingerprint density at radius 1 is 0.382 bits per heavy atom. The second-order valence-electron chi connectivity index (χ2n) is 14.0. The maximum atomic E-state index is 6.56. The molecular weight excluding hydrogens is 671 g/mol. The number of benzene rings is 8. The predicted molar refractivity (Wildman–Crippen MR) is 227 cm³/mol. The molecule has 55 heavy (non-hydrogen) atoms. The van der Waals surface area contributed by atoms with Gasteiger partial charge in [0.2, 0.25) is 0 Å². The summed E-state index contributed by atoms with van der Waals surface area (Å²) in [5, 5.41) is 9.83. The van der Waals surface area contributed by atoms with Gasteiger partial charge in [-0.2, -0.15) is 0 Å². The Bertz CT molecular complexity index is 2770. The van der Waals surface area contributed by atoms with Gasteiger partial charge in [-0.05, 0) is 62.2 Å². The molecule has 1 aromatic heterocycles. The summed E-state index contributed by atoms with van der Waals surface area (Å²) >= 11 is 0. The Labute approximate surface area is 320 Å². The molecule has 8 aromatic carbocycles. The summed E-state index contributed by atoms with van der Waals surface area (Å²) in [4.78, 5) is 5.25. The van der Waals surface area contributed by atoms with Crippen molar-refractivity contribution in [3.05, 3.63) is 217 Å². The number of aliphatic imine (C=N–C) groups is 1. The molecule has 0 fully saturated rings. The lowest BCUT2D eigenvalue weighted by Crippen LogP contribution is -2.45. The molecule has 2 heterocycles. The topological polar surface area (TPSA) is 49.6 Å². The third-order valence-corrected chi connectivity index (χ3v) is 10.6. The van der Waals surface area contributed by atoms with Crippen molar-refractivity contribution in [3.63, 3.8) is 0 Å². The van der Waals surface area contributed by atoms with Gasteiger partial charge < -0.3 is 9.73 Å². The first-order chi connectivity index (χ1) is 27.2. The maximum absolute atomic E-state index is 6.56. The van der Waals surface area contributed by atoms with E-state index in [0.29, 0.717) is 0 Å². The first kappa shape index (κ1) is 32.6. The summed E-state index contributed by atoms with van der Waals surface area (Å²) in [5.74, 6) is 0.838. The molecule has 1 aliphatic rings. The summed E-state index contributed by atoms with van der Waals surface area (Å²) in [6.07, 6.45) is -0.507. The fourth-order valence-corrected chi connectivity index (χ4v) is 7.82. The van der Waals surface area contributed by atoms with Crippen LogP contribution in [0.5, 0.6) is 0 Å².